The van der Waals surface area contributed by atoms with Crippen molar-refractivity contribution in [2.75, 3.05) is 31.1 Å². The Morgan fingerprint density at radius 2 is 1.85 bits per heavy atom. The summed E-state index contributed by atoms with van der Waals surface area (Å²) in [6.07, 6.45) is 0. The van der Waals surface area contributed by atoms with Crippen molar-refractivity contribution in [3.63, 3.8) is 0 Å². The van der Waals surface area contributed by atoms with E-state index in [1.165, 1.54) is 12.1 Å². The number of nitrogens with zero attached hydrogens (tertiary/aromatic N) is 2. The van der Waals surface area contributed by atoms with Crippen molar-refractivity contribution in [3.05, 3.63) is 59.9 Å². The fourth-order valence-corrected chi connectivity index (χ4v) is 3.04. The number of piperazine rings is 1. The number of benzene rings is 2. The average Bonchev–Trinajstić information content (AvgIpc) is 2.67. The number of carboxylic acids is 1. The molecule has 0 saturated carbocycles. The van der Waals surface area contributed by atoms with E-state index in [9.17, 15) is 9.18 Å². The van der Waals surface area contributed by atoms with Crippen molar-refractivity contribution in [1.29, 1.82) is 0 Å². The number of hydrogen-bond donors (Lipinski definition) is 1. The van der Waals surface area contributed by atoms with Crippen LogP contribution in [0.25, 0.3) is 0 Å². The van der Waals surface area contributed by atoms with E-state index < -0.39 is 12.0 Å². The van der Waals surface area contributed by atoms with Gasteiger partial charge in [0.05, 0.1) is 0 Å². The van der Waals surface area contributed by atoms with Crippen LogP contribution < -0.4 is 9.64 Å². The molecule has 0 aliphatic carbocycles. The summed E-state index contributed by atoms with van der Waals surface area (Å²) in [5, 5.41) is 9.13. The third-order valence-corrected chi connectivity index (χ3v) is 4.72. The van der Waals surface area contributed by atoms with E-state index in [-0.39, 0.29) is 5.82 Å². The van der Waals surface area contributed by atoms with Gasteiger partial charge in [-0.2, -0.15) is 0 Å². The highest BCUT2D eigenvalue weighted by Gasteiger charge is 2.25. The summed E-state index contributed by atoms with van der Waals surface area (Å²) in [6, 6.07) is 13.7. The molecule has 26 heavy (non-hydrogen) atoms. The van der Waals surface area contributed by atoms with E-state index in [4.69, 9.17) is 9.84 Å². The van der Waals surface area contributed by atoms with Crippen LogP contribution in [0.15, 0.2) is 48.5 Å². The molecule has 2 aromatic carbocycles. The van der Waals surface area contributed by atoms with Gasteiger partial charge in [0.2, 0.25) is 0 Å². The number of aliphatic carboxylic acids is 1. The molecule has 1 unspecified atom stereocenters. The van der Waals surface area contributed by atoms with E-state index >= 15 is 0 Å². The summed E-state index contributed by atoms with van der Waals surface area (Å²) in [4.78, 5) is 15.3. The van der Waals surface area contributed by atoms with Crippen LogP contribution in [-0.4, -0.2) is 48.2 Å². The van der Waals surface area contributed by atoms with Gasteiger partial charge in [0.25, 0.3) is 0 Å². The first-order valence-corrected chi connectivity index (χ1v) is 8.72. The third-order valence-electron chi connectivity index (χ3n) is 4.72. The van der Waals surface area contributed by atoms with Crippen LogP contribution >= 0.6 is 0 Å². The van der Waals surface area contributed by atoms with Crippen LogP contribution in [-0.2, 0) is 11.4 Å². The molecule has 1 N–H and O–H groups in total. The number of anilines is 1. The summed E-state index contributed by atoms with van der Waals surface area (Å²) >= 11 is 0. The van der Waals surface area contributed by atoms with Crippen LogP contribution in [0.5, 0.6) is 5.75 Å². The number of hydrogen-bond acceptors (Lipinski definition) is 4. The Hall–Kier alpha value is -2.60. The van der Waals surface area contributed by atoms with Crippen molar-refractivity contribution in [3.8, 4) is 5.75 Å². The zero-order valence-corrected chi connectivity index (χ0v) is 14.8. The second-order valence-corrected chi connectivity index (χ2v) is 6.45. The van der Waals surface area contributed by atoms with E-state index in [0.717, 1.165) is 30.1 Å². The predicted molar refractivity (Wildman–Crippen MR) is 98.1 cm³/mol. The Labute approximate surface area is 152 Å². The maximum absolute atomic E-state index is 12.9. The first-order valence-electron chi connectivity index (χ1n) is 8.72. The molecule has 1 atom stereocenters. The van der Waals surface area contributed by atoms with Gasteiger partial charge in [0.1, 0.15) is 24.2 Å². The molecule has 1 fully saturated rings. The maximum atomic E-state index is 12.9. The molecule has 1 heterocycles. The molecule has 1 aliphatic heterocycles. The lowest BCUT2D eigenvalue weighted by Crippen LogP contribution is -2.51. The minimum absolute atomic E-state index is 0.257. The average molecular weight is 358 g/mol. The molecule has 0 aromatic heterocycles. The Morgan fingerprint density at radius 3 is 2.50 bits per heavy atom. The lowest BCUT2D eigenvalue weighted by molar-refractivity contribution is -0.142. The van der Waals surface area contributed by atoms with Gasteiger partial charge in [-0.05, 0) is 36.8 Å². The number of rotatable bonds is 6. The van der Waals surface area contributed by atoms with Crippen LogP contribution in [0.1, 0.15) is 12.5 Å². The molecule has 2 aromatic rings. The lowest BCUT2D eigenvalue weighted by Gasteiger charge is -2.37. The van der Waals surface area contributed by atoms with Crippen LogP contribution in [0.4, 0.5) is 10.1 Å². The highest BCUT2D eigenvalue weighted by Crippen LogP contribution is 2.23. The van der Waals surface area contributed by atoms with Gasteiger partial charge < -0.3 is 14.7 Å². The topological polar surface area (TPSA) is 53.0 Å². The fraction of sp³-hybridized carbons (Fsp3) is 0.350. The van der Waals surface area contributed by atoms with Gasteiger partial charge in [-0.3, -0.25) is 9.69 Å². The molecule has 3 rings (SSSR count). The molecule has 0 radical (unpaired) electrons. The Morgan fingerprint density at radius 1 is 1.15 bits per heavy atom. The van der Waals surface area contributed by atoms with Gasteiger partial charge in [0, 0.05) is 37.9 Å². The van der Waals surface area contributed by atoms with Crippen LogP contribution in [0.3, 0.4) is 0 Å². The number of halogens is 1. The van der Waals surface area contributed by atoms with Crippen LogP contribution in [0, 0.1) is 5.82 Å². The summed E-state index contributed by atoms with van der Waals surface area (Å²) in [5.41, 5.74) is 1.97. The van der Waals surface area contributed by atoms with E-state index in [2.05, 4.69) is 4.90 Å². The highest BCUT2D eigenvalue weighted by atomic mass is 19.1. The number of ether oxygens (including phenoxy) is 1. The summed E-state index contributed by atoms with van der Waals surface area (Å²) in [7, 11) is 0. The second-order valence-electron chi connectivity index (χ2n) is 6.45. The SMILES string of the molecule is CC(C(=O)O)N1CCN(c2cccc(OCc3ccc(F)cc3)c2)CC1. The summed E-state index contributed by atoms with van der Waals surface area (Å²) < 4.78 is 18.8. The van der Waals surface area contributed by atoms with Gasteiger partial charge in [0.15, 0.2) is 0 Å². The minimum Gasteiger partial charge on any atom is -0.489 e. The normalized spacial score (nSPS) is 16.3. The number of carbonyl (C=O) groups is 1. The van der Waals surface area contributed by atoms with Crippen molar-refractivity contribution in [2.24, 2.45) is 0 Å². The monoisotopic (exact) mass is 358 g/mol. The quantitative estimate of drug-likeness (QED) is 0.860. The summed E-state index contributed by atoms with van der Waals surface area (Å²) in [5.74, 6) is -0.282. The summed E-state index contributed by atoms with van der Waals surface area (Å²) in [6.45, 7) is 5.09. The molecule has 0 amide bonds. The predicted octanol–water partition coefficient (Wildman–Crippen LogP) is 3.00. The zero-order chi connectivity index (χ0) is 18.5. The third kappa shape index (κ3) is 4.52. The molecule has 0 spiro atoms. The first kappa shape index (κ1) is 18.2. The van der Waals surface area contributed by atoms with Crippen LogP contribution in [0.2, 0.25) is 0 Å². The lowest BCUT2D eigenvalue weighted by atomic mass is 10.2. The van der Waals surface area contributed by atoms with Crippen molar-refractivity contribution in [1.82, 2.24) is 4.90 Å². The minimum atomic E-state index is -0.783. The van der Waals surface area contributed by atoms with Gasteiger partial charge in [-0.25, -0.2) is 4.39 Å². The Kier molecular flexibility index (Phi) is 5.73. The van der Waals surface area contributed by atoms with E-state index in [1.54, 1.807) is 19.1 Å². The first-order chi connectivity index (χ1) is 12.5. The Bertz CT molecular complexity index is 743. The number of carboxylic acid groups (broad SMARTS) is 1. The molecule has 138 valence electrons. The Balaban J connectivity index is 1.57. The molecule has 5 nitrogen and oxygen atoms in total. The molecular weight excluding hydrogens is 335 g/mol. The van der Waals surface area contributed by atoms with E-state index in [1.807, 2.05) is 29.2 Å². The molecule has 1 aliphatic rings. The van der Waals surface area contributed by atoms with Gasteiger partial charge >= 0.3 is 5.97 Å². The largest absolute Gasteiger partial charge is 0.489 e. The standard InChI is InChI=1S/C20H23FN2O3/c1-15(20(24)25)22-9-11-23(12-10-22)18-3-2-4-19(13-18)26-14-16-5-7-17(21)8-6-16/h2-8,13,15H,9-12,14H2,1H3,(H,24,25). The molecule has 1 saturated heterocycles. The van der Waals surface area contributed by atoms with E-state index in [0.29, 0.717) is 19.7 Å². The highest BCUT2D eigenvalue weighted by molar-refractivity contribution is 5.73. The van der Waals surface area contributed by atoms with Crippen molar-refractivity contribution >= 4 is 11.7 Å². The zero-order valence-electron chi connectivity index (χ0n) is 14.8. The van der Waals surface area contributed by atoms with Gasteiger partial charge in [-0.15, -0.1) is 0 Å². The molecule has 0 bridgehead atoms. The van der Waals surface area contributed by atoms with Crippen molar-refractivity contribution in [2.45, 2.75) is 19.6 Å². The molecule has 6 heteroatoms. The fourth-order valence-electron chi connectivity index (χ4n) is 3.04. The van der Waals surface area contributed by atoms with Crippen molar-refractivity contribution < 1.29 is 19.0 Å². The smallest absolute Gasteiger partial charge is 0.320 e. The second kappa shape index (κ2) is 8.19. The van der Waals surface area contributed by atoms with Gasteiger partial charge in [-0.1, -0.05) is 18.2 Å². The maximum Gasteiger partial charge on any atom is 0.320 e. The molecular formula is C20H23FN2O3.